The van der Waals surface area contributed by atoms with Gasteiger partial charge in [-0.1, -0.05) is 12.8 Å². The van der Waals surface area contributed by atoms with E-state index in [9.17, 15) is 4.79 Å². The number of aliphatic imine (C=N–C) groups is 1. The number of primary amides is 1. The van der Waals surface area contributed by atoms with E-state index in [1.807, 2.05) is 7.05 Å². The van der Waals surface area contributed by atoms with E-state index in [2.05, 4.69) is 20.1 Å². The summed E-state index contributed by atoms with van der Waals surface area (Å²) in [6.07, 6.45) is 11.2. The predicted molar refractivity (Wildman–Crippen MR) is 121 cm³/mol. The van der Waals surface area contributed by atoms with Crippen molar-refractivity contribution in [3.05, 3.63) is 0 Å². The van der Waals surface area contributed by atoms with E-state index in [-0.39, 0.29) is 35.8 Å². The molecule has 3 N–H and O–H groups in total. The second-order valence-corrected chi connectivity index (χ2v) is 8.58. The van der Waals surface area contributed by atoms with Crippen LogP contribution in [0.5, 0.6) is 0 Å². The number of likely N-dealkylation sites (tertiary alicyclic amines) is 2. The first-order chi connectivity index (χ1) is 12.6. The molecule has 2 aliphatic heterocycles. The SMILES string of the molecule is CN=C(NCCCCN1CCC(C(N)=O)CC1)N1CCC2(CCCC2)C1.I. The number of amides is 1. The van der Waals surface area contributed by atoms with Crippen LogP contribution >= 0.6 is 24.0 Å². The fourth-order valence-electron chi connectivity index (χ4n) is 5.08. The lowest BCUT2D eigenvalue weighted by Crippen LogP contribution is -2.41. The highest BCUT2D eigenvalue weighted by Crippen LogP contribution is 2.45. The summed E-state index contributed by atoms with van der Waals surface area (Å²) in [4.78, 5) is 20.7. The number of nitrogens with two attached hydrogens (primary N) is 1. The third-order valence-electron chi connectivity index (χ3n) is 6.79. The zero-order valence-corrected chi connectivity index (χ0v) is 19.2. The van der Waals surface area contributed by atoms with Crippen LogP contribution in [0.4, 0.5) is 0 Å². The molecule has 0 bridgehead atoms. The van der Waals surface area contributed by atoms with E-state index in [1.165, 1.54) is 45.1 Å². The van der Waals surface area contributed by atoms with Gasteiger partial charge >= 0.3 is 0 Å². The van der Waals surface area contributed by atoms with Crippen molar-refractivity contribution in [2.24, 2.45) is 22.1 Å². The van der Waals surface area contributed by atoms with Crippen molar-refractivity contribution in [2.75, 3.05) is 46.3 Å². The molecule has 2 heterocycles. The van der Waals surface area contributed by atoms with Gasteiger partial charge in [-0.15, -0.1) is 24.0 Å². The molecule has 27 heavy (non-hydrogen) atoms. The van der Waals surface area contributed by atoms with Crippen LogP contribution in [-0.4, -0.2) is 68.0 Å². The summed E-state index contributed by atoms with van der Waals surface area (Å²) in [5.74, 6) is 1.07. The van der Waals surface area contributed by atoms with Crippen molar-refractivity contribution in [3.63, 3.8) is 0 Å². The van der Waals surface area contributed by atoms with Crippen molar-refractivity contribution in [1.82, 2.24) is 15.1 Å². The summed E-state index contributed by atoms with van der Waals surface area (Å²) in [7, 11) is 1.91. The van der Waals surface area contributed by atoms with E-state index < -0.39 is 0 Å². The van der Waals surface area contributed by atoms with Gasteiger partial charge in [0.25, 0.3) is 0 Å². The molecule has 1 spiro atoms. The number of piperidine rings is 1. The third kappa shape index (κ3) is 6.21. The summed E-state index contributed by atoms with van der Waals surface area (Å²) in [5.41, 5.74) is 5.99. The van der Waals surface area contributed by atoms with Crippen LogP contribution in [0.2, 0.25) is 0 Å². The number of hydrogen-bond donors (Lipinski definition) is 2. The Morgan fingerprint density at radius 2 is 1.85 bits per heavy atom. The molecular formula is C20H38IN5O. The zero-order valence-electron chi connectivity index (χ0n) is 16.9. The zero-order chi connectivity index (χ0) is 18.4. The number of carbonyl (C=O) groups is 1. The Morgan fingerprint density at radius 3 is 2.48 bits per heavy atom. The molecule has 7 heteroatoms. The molecule has 6 nitrogen and oxygen atoms in total. The second kappa shape index (κ2) is 10.8. The quantitative estimate of drug-likeness (QED) is 0.259. The fourth-order valence-corrected chi connectivity index (χ4v) is 5.08. The van der Waals surface area contributed by atoms with Crippen molar-refractivity contribution >= 4 is 35.8 Å². The second-order valence-electron chi connectivity index (χ2n) is 8.58. The lowest BCUT2D eigenvalue weighted by atomic mass is 9.86. The van der Waals surface area contributed by atoms with Crippen LogP contribution < -0.4 is 11.1 Å². The number of rotatable bonds is 6. The molecule has 3 fully saturated rings. The number of nitrogens with one attached hydrogen (secondary N) is 1. The Bertz CT molecular complexity index is 499. The van der Waals surface area contributed by atoms with E-state index in [0.29, 0.717) is 5.41 Å². The summed E-state index contributed by atoms with van der Waals surface area (Å²) in [5, 5.41) is 3.57. The van der Waals surface area contributed by atoms with Gasteiger partial charge in [-0.05, 0) is 70.0 Å². The highest BCUT2D eigenvalue weighted by molar-refractivity contribution is 14.0. The highest BCUT2D eigenvalue weighted by atomic mass is 127. The molecular weight excluding hydrogens is 453 g/mol. The van der Waals surface area contributed by atoms with Gasteiger partial charge in [0.1, 0.15) is 0 Å². The molecule has 0 radical (unpaired) electrons. The molecule has 2 saturated heterocycles. The van der Waals surface area contributed by atoms with Crippen LogP contribution in [0, 0.1) is 11.3 Å². The number of guanidine groups is 1. The minimum absolute atomic E-state index is 0. The van der Waals surface area contributed by atoms with Crippen molar-refractivity contribution in [1.29, 1.82) is 0 Å². The first kappa shape index (κ1) is 22.7. The molecule has 3 rings (SSSR count). The number of halogens is 1. The number of unbranched alkanes of at least 4 members (excludes halogenated alkanes) is 1. The number of nitrogens with zero attached hydrogens (tertiary/aromatic N) is 3. The Balaban J connectivity index is 0.00000261. The minimum Gasteiger partial charge on any atom is -0.369 e. The van der Waals surface area contributed by atoms with Gasteiger partial charge in [0.2, 0.25) is 5.91 Å². The molecule has 0 aromatic heterocycles. The van der Waals surface area contributed by atoms with E-state index >= 15 is 0 Å². The van der Waals surface area contributed by atoms with Crippen LogP contribution in [0.3, 0.4) is 0 Å². The molecule has 0 aromatic carbocycles. The maximum absolute atomic E-state index is 11.2. The van der Waals surface area contributed by atoms with Crippen LogP contribution in [0.15, 0.2) is 4.99 Å². The smallest absolute Gasteiger partial charge is 0.220 e. The Labute approximate surface area is 181 Å². The van der Waals surface area contributed by atoms with E-state index in [4.69, 9.17) is 5.73 Å². The minimum atomic E-state index is -0.124. The van der Waals surface area contributed by atoms with Gasteiger partial charge in [0.15, 0.2) is 5.96 Å². The topological polar surface area (TPSA) is 74.0 Å². The van der Waals surface area contributed by atoms with Gasteiger partial charge in [-0.3, -0.25) is 9.79 Å². The molecule has 0 aromatic rings. The lowest BCUT2D eigenvalue weighted by molar-refractivity contribution is -0.123. The first-order valence-corrected chi connectivity index (χ1v) is 10.6. The van der Waals surface area contributed by atoms with Crippen molar-refractivity contribution in [2.45, 2.75) is 57.8 Å². The normalized spacial score (nSPS) is 23.6. The Kier molecular flexibility index (Phi) is 9.11. The molecule has 1 saturated carbocycles. The van der Waals surface area contributed by atoms with Crippen molar-refractivity contribution in [3.8, 4) is 0 Å². The molecule has 1 aliphatic carbocycles. The van der Waals surface area contributed by atoms with Gasteiger partial charge in [0.05, 0.1) is 0 Å². The summed E-state index contributed by atoms with van der Waals surface area (Å²) >= 11 is 0. The van der Waals surface area contributed by atoms with E-state index in [1.54, 1.807) is 0 Å². The molecule has 1 amide bonds. The predicted octanol–water partition coefficient (Wildman–Crippen LogP) is 2.42. The molecule has 3 aliphatic rings. The summed E-state index contributed by atoms with van der Waals surface area (Å²) < 4.78 is 0. The van der Waals surface area contributed by atoms with Gasteiger partial charge < -0.3 is 20.9 Å². The standard InChI is InChI=1S/C20H37N5O.HI/c1-22-19(25-15-10-20(16-25)8-2-3-9-20)23-11-4-5-12-24-13-6-17(7-14-24)18(21)26;/h17H,2-16H2,1H3,(H2,21,26)(H,22,23);1H. The first-order valence-electron chi connectivity index (χ1n) is 10.6. The van der Waals surface area contributed by atoms with Gasteiger partial charge in [-0.25, -0.2) is 0 Å². The summed E-state index contributed by atoms with van der Waals surface area (Å²) in [6, 6.07) is 0. The Morgan fingerprint density at radius 1 is 1.15 bits per heavy atom. The van der Waals surface area contributed by atoms with Crippen LogP contribution in [0.25, 0.3) is 0 Å². The maximum Gasteiger partial charge on any atom is 0.220 e. The monoisotopic (exact) mass is 491 g/mol. The number of hydrogen-bond acceptors (Lipinski definition) is 3. The van der Waals surface area contributed by atoms with Crippen molar-refractivity contribution < 1.29 is 4.79 Å². The van der Waals surface area contributed by atoms with E-state index in [0.717, 1.165) is 57.9 Å². The average molecular weight is 491 g/mol. The Hall–Kier alpha value is -0.570. The lowest BCUT2D eigenvalue weighted by Gasteiger charge is -2.30. The average Bonchev–Trinajstić information content (AvgIpc) is 3.28. The highest BCUT2D eigenvalue weighted by Gasteiger charge is 2.41. The molecule has 0 atom stereocenters. The van der Waals surface area contributed by atoms with Gasteiger partial charge in [-0.2, -0.15) is 0 Å². The molecule has 156 valence electrons. The molecule has 0 unspecified atom stereocenters. The maximum atomic E-state index is 11.2. The number of carbonyl (C=O) groups excluding carboxylic acids is 1. The fraction of sp³-hybridized carbons (Fsp3) is 0.900. The summed E-state index contributed by atoms with van der Waals surface area (Å²) in [6.45, 7) is 6.50. The third-order valence-corrected chi connectivity index (χ3v) is 6.79. The van der Waals surface area contributed by atoms with Crippen LogP contribution in [0.1, 0.15) is 57.8 Å². The van der Waals surface area contributed by atoms with Crippen LogP contribution in [-0.2, 0) is 4.79 Å². The van der Waals surface area contributed by atoms with Gasteiger partial charge in [0, 0.05) is 32.6 Å². The largest absolute Gasteiger partial charge is 0.369 e.